The Morgan fingerprint density at radius 1 is 1.26 bits per heavy atom. The van der Waals surface area contributed by atoms with E-state index >= 15 is 0 Å². The van der Waals surface area contributed by atoms with Crippen molar-refractivity contribution in [1.82, 2.24) is 0 Å². The Bertz CT molecular complexity index is 809. The molecule has 2 aromatic carbocycles. The van der Waals surface area contributed by atoms with Gasteiger partial charge in [0.1, 0.15) is 0 Å². The molecule has 0 aromatic heterocycles. The van der Waals surface area contributed by atoms with Crippen LogP contribution in [0.1, 0.15) is 15.9 Å². The van der Waals surface area contributed by atoms with Crippen LogP contribution in [0, 0.1) is 21.4 Å². The Morgan fingerprint density at radius 3 is 2.61 bits per heavy atom. The molecule has 0 fully saturated rings. The van der Waals surface area contributed by atoms with E-state index in [0.29, 0.717) is 16.9 Å². The first-order valence-electron chi connectivity index (χ1n) is 6.69. The summed E-state index contributed by atoms with van der Waals surface area (Å²) in [6, 6.07) is 12.5. The number of non-ortho nitro benzene ring substituents is 1. The highest BCUT2D eigenvalue weighted by atomic mass is 16.6. The van der Waals surface area contributed by atoms with Crippen LogP contribution in [0.3, 0.4) is 0 Å². The van der Waals surface area contributed by atoms with Crippen LogP contribution in [0.15, 0.2) is 42.5 Å². The highest BCUT2D eigenvalue weighted by Crippen LogP contribution is 2.25. The van der Waals surface area contributed by atoms with Gasteiger partial charge in [-0.2, -0.15) is 5.26 Å². The van der Waals surface area contributed by atoms with Gasteiger partial charge < -0.3 is 10.2 Å². The van der Waals surface area contributed by atoms with Crippen LogP contribution in [-0.2, 0) is 0 Å². The number of benzene rings is 2. The number of amides is 1. The molecule has 0 spiro atoms. The summed E-state index contributed by atoms with van der Waals surface area (Å²) >= 11 is 0. The van der Waals surface area contributed by atoms with Gasteiger partial charge in [-0.25, -0.2) is 0 Å². The van der Waals surface area contributed by atoms with Gasteiger partial charge in [-0.1, -0.05) is 6.07 Å². The number of hydrogen-bond acceptors (Lipinski definition) is 5. The number of nitrogens with zero attached hydrogens (tertiary/aromatic N) is 3. The Balaban J connectivity index is 2.39. The van der Waals surface area contributed by atoms with E-state index in [4.69, 9.17) is 5.26 Å². The van der Waals surface area contributed by atoms with E-state index in [1.807, 2.05) is 6.07 Å². The Morgan fingerprint density at radius 2 is 2.00 bits per heavy atom. The molecule has 0 aliphatic rings. The van der Waals surface area contributed by atoms with E-state index < -0.39 is 10.8 Å². The summed E-state index contributed by atoms with van der Waals surface area (Å²) in [5.41, 5.74) is 1.45. The van der Waals surface area contributed by atoms with Crippen LogP contribution < -0.4 is 10.2 Å². The smallest absolute Gasteiger partial charge is 0.270 e. The summed E-state index contributed by atoms with van der Waals surface area (Å²) in [4.78, 5) is 24.5. The van der Waals surface area contributed by atoms with Crippen LogP contribution in [0.2, 0.25) is 0 Å². The lowest BCUT2D eigenvalue weighted by Gasteiger charge is -2.17. The Hall–Kier alpha value is -3.40. The average Bonchev–Trinajstić information content (AvgIpc) is 2.54. The fourth-order valence-corrected chi connectivity index (χ4v) is 2.07. The number of anilines is 2. The molecule has 2 rings (SSSR count). The van der Waals surface area contributed by atoms with Crippen molar-refractivity contribution in [2.45, 2.75) is 0 Å². The number of hydrogen-bond donors (Lipinski definition) is 1. The molecular formula is C16H14N4O3. The molecule has 0 unspecified atom stereocenters. The molecule has 23 heavy (non-hydrogen) atoms. The van der Waals surface area contributed by atoms with Crippen molar-refractivity contribution in [3.8, 4) is 6.07 Å². The van der Waals surface area contributed by atoms with Gasteiger partial charge >= 0.3 is 0 Å². The van der Waals surface area contributed by atoms with Crippen molar-refractivity contribution in [3.63, 3.8) is 0 Å². The van der Waals surface area contributed by atoms with Crippen molar-refractivity contribution >= 4 is 23.0 Å². The standard InChI is InChI=1S/C16H14N4O3/c1-19(2)15-7-6-13(20(22)23)9-14(15)16(21)18-12-5-3-4-11(8-12)10-17/h3-9H,1-2H3,(H,18,21). The summed E-state index contributed by atoms with van der Waals surface area (Å²) in [7, 11) is 3.49. The van der Waals surface area contributed by atoms with E-state index in [1.165, 1.54) is 24.3 Å². The molecule has 0 atom stereocenters. The fraction of sp³-hybridized carbons (Fsp3) is 0.125. The number of nitro benzene ring substituents is 1. The number of carbonyl (C=O) groups excluding carboxylic acids is 1. The van der Waals surface area contributed by atoms with Gasteiger partial charge in [0.2, 0.25) is 0 Å². The molecule has 0 heterocycles. The summed E-state index contributed by atoms with van der Waals surface area (Å²) in [5.74, 6) is -0.479. The molecule has 0 bridgehead atoms. The predicted molar refractivity (Wildman–Crippen MR) is 86.5 cm³/mol. The second-order valence-corrected chi connectivity index (χ2v) is 5.00. The second-order valence-electron chi connectivity index (χ2n) is 5.00. The third-order valence-electron chi connectivity index (χ3n) is 3.17. The van der Waals surface area contributed by atoms with Crippen LogP contribution in [-0.4, -0.2) is 24.9 Å². The number of rotatable bonds is 4. The van der Waals surface area contributed by atoms with Crippen molar-refractivity contribution in [2.24, 2.45) is 0 Å². The zero-order chi connectivity index (χ0) is 17.0. The normalized spacial score (nSPS) is 9.78. The highest BCUT2D eigenvalue weighted by molar-refractivity contribution is 6.08. The summed E-state index contributed by atoms with van der Waals surface area (Å²) in [5, 5.41) is 22.5. The molecule has 1 N–H and O–H groups in total. The minimum atomic E-state index is -0.549. The number of nitrogens with one attached hydrogen (secondary N) is 1. The molecular weight excluding hydrogens is 296 g/mol. The Labute approximate surface area is 132 Å². The molecule has 0 saturated heterocycles. The molecule has 2 aromatic rings. The van der Waals surface area contributed by atoms with Crippen molar-refractivity contribution in [1.29, 1.82) is 5.26 Å². The number of carbonyl (C=O) groups is 1. The zero-order valence-corrected chi connectivity index (χ0v) is 12.6. The first-order valence-corrected chi connectivity index (χ1v) is 6.69. The molecule has 0 aliphatic heterocycles. The Kier molecular flexibility index (Phi) is 4.57. The van der Waals surface area contributed by atoms with Gasteiger partial charge in [-0.3, -0.25) is 14.9 Å². The molecule has 7 nitrogen and oxygen atoms in total. The average molecular weight is 310 g/mol. The van der Waals surface area contributed by atoms with Gasteiger partial charge in [0.05, 0.1) is 22.1 Å². The molecule has 7 heteroatoms. The number of nitro groups is 1. The first kappa shape index (κ1) is 16.0. The van der Waals surface area contributed by atoms with Crippen molar-refractivity contribution in [3.05, 3.63) is 63.7 Å². The van der Waals surface area contributed by atoms with E-state index in [1.54, 1.807) is 37.2 Å². The molecule has 0 saturated carbocycles. The first-order chi connectivity index (χ1) is 10.9. The molecule has 0 radical (unpaired) electrons. The van der Waals surface area contributed by atoms with Crippen LogP contribution in [0.4, 0.5) is 17.1 Å². The highest BCUT2D eigenvalue weighted by Gasteiger charge is 2.18. The predicted octanol–water partition coefficient (Wildman–Crippen LogP) is 2.78. The zero-order valence-electron chi connectivity index (χ0n) is 12.6. The van der Waals surface area contributed by atoms with Crippen molar-refractivity contribution < 1.29 is 9.72 Å². The third-order valence-corrected chi connectivity index (χ3v) is 3.17. The maximum absolute atomic E-state index is 12.5. The minimum Gasteiger partial charge on any atom is -0.377 e. The largest absolute Gasteiger partial charge is 0.377 e. The summed E-state index contributed by atoms with van der Waals surface area (Å²) in [6.45, 7) is 0. The van der Waals surface area contributed by atoms with Crippen LogP contribution >= 0.6 is 0 Å². The SMILES string of the molecule is CN(C)c1ccc([N+](=O)[O-])cc1C(=O)Nc1cccc(C#N)c1. The minimum absolute atomic E-state index is 0.161. The molecule has 1 amide bonds. The molecule has 0 aliphatic carbocycles. The van der Waals surface area contributed by atoms with E-state index in [9.17, 15) is 14.9 Å². The second kappa shape index (κ2) is 6.58. The fourth-order valence-electron chi connectivity index (χ4n) is 2.07. The lowest BCUT2D eigenvalue weighted by molar-refractivity contribution is -0.384. The number of nitriles is 1. The summed E-state index contributed by atoms with van der Waals surface area (Å²) < 4.78 is 0. The van der Waals surface area contributed by atoms with Crippen LogP contribution in [0.5, 0.6) is 0 Å². The quantitative estimate of drug-likeness (QED) is 0.691. The monoisotopic (exact) mass is 310 g/mol. The summed E-state index contributed by atoms with van der Waals surface area (Å²) in [6.07, 6.45) is 0. The van der Waals surface area contributed by atoms with Gasteiger partial charge in [0, 0.05) is 37.6 Å². The lowest BCUT2D eigenvalue weighted by Crippen LogP contribution is -2.18. The topological polar surface area (TPSA) is 99.3 Å². The maximum Gasteiger partial charge on any atom is 0.270 e. The van der Waals surface area contributed by atoms with E-state index in [0.717, 1.165) is 0 Å². The van der Waals surface area contributed by atoms with Gasteiger partial charge in [-0.05, 0) is 24.3 Å². The van der Waals surface area contributed by atoms with E-state index in [-0.39, 0.29) is 11.3 Å². The molecule has 116 valence electrons. The third kappa shape index (κ3) is 3.63. The van der Waals surface area contributed by atoms with Crippen molar-refractivity contribution in [2.75, 3.05) is 24.3 Å². The maximum atomic E-state index is 12.5. The van der Waals surface area contributed by atoms with Crippen LogP contribution in [0.25, 0.3) is 0 Å². The van der Waals surface area contributed by atoms with Gasteiger partial charge in [-0.15, -0.1) is 0 Å². The van der Waals surface area contributed by atoms with E-state index in [2.05, 4.69) is 5.32 Å². The van der Waals surface area contributed by atoms with Gasteiger partial charge in [0.15, 0.2) is 0 Å². The lowest BCUT2D eigenvalue weighted by atomic mass is 10.1. The van der Waals surface area contributed by atoms with Gasteiger partial charge in [0.25, 0.3) is 11.6 Å².